The number of nitrogens with two attached hydrogens (primary N) is 2. The van der Waals surface area contributed by atoms with Gasteiger partial charge in [0.05, 0.1) is 68.0 Å². The lowest BCUT2D eigenvalue weighted by Gasteiger charge is -2.30. The number of nitrogen functional groups attached to an aromatic ring is 2. The molecule has 0 radical (unpaired) electrons. The molecule has 0 saturated carbocycles. The zero-order chi connectivity index (χ0) is 73.9. The van der Waals surface area contributed by atoms with Crippen LogP contribution in [0.2, 0.25) is 0 Å². The summed E-state index contributed by atoms with van der Waals surface area (Å²) < 4.78 is 142. The summed E-state index contributed by atoms with van der Waals surface area (Å²) in [6.45, 7) is 18.2. The summed E-state index contributed by atoms with van der Waals surface area (Å²) in [5.74, 6) is 0.451. The average molecular weight is 1650 g/mol. The van der Waals surface area contributed by atoms with Crippen LogP contribution in [0.1, 0.15) is 115 Å². The zero-order valence-electron chi connectivity index (χ0n) is 56.2. The van der Waals surface area contributed by atoms with E-state index in [4.69, 9.17) is 40.5 Å². The molecular weight excluding hydrogens is 1580 g/mol. The number of rotatable bonds is 12. The molecule has 6 aromatic heterocycles. The van der Waals surface area contributed by atoms with Gasteiger partial charge in [-0.3, -0.25) is 18.7 Å². The van der Waals surface area contributed by atoms with Gasteiger partial charge in [-0.1, -0.05) is 48.5 Å². The standard InChI is InChI=1S/C32H26BrF4N7O2.C22H14BrF3IN7O.C17H25FO3/c1-31(2,3)46-20-12-18(11-19(34)13-20)27-26-28(38)39-16-40-29(26)44(42-27)15-24-41-23-10-6-9-22(33)25(23)30(45)43(24)14-17-7-4-5-8-21(17)32(35,36)37;23-13-6-3-7-14-16(13)21(35)33(8-11-4-1-2-5-12(11)22(24,25)26)15(31-14)9-34-20-17(18(27)32-34)19(28)29-10-30-20;1-15(2,3)19-13-9-11(8-12(18)10-13)14-20-16(4,5)17(6,7)21-14/h4-13,16H,14-15H2,1-3H3,(H2,38,39,40);1-7,10H,8-9H2,(H2,28,29,30);8-10,14H,1-7H3. The first kappa shape index (κ1) is 74.1. The van der Waals surface area contributed by atoms with E-state index in [1.165, 1.54) is 91.8 Å². The van der Waals surface area contributed by atoms with E-state index in [2.05, 4.69) is 61.9 Å². The van der Waals surface area contributed by atoms with Gasteiger partial charge in [0.15, 0.2) is 17.6 Å². The Bertz CT molecular complexity index is 5330. The second-order valence-corrected chi connectivity index (χ2v) is 29.4. The van der Waals surface area contributed by atoms with E-state index in [1.54, 1.807) is 48.5 Å². The van der Waals surface area contributed by atoms with Crippen LogP contribution in [0.15, 0.2) is 153 Å². The quantitative estimate of drug-likeness (QED) is 0.0853. The van der Waals surface area contributed by atoms with Gasteiger partial charge < -0.3 is 30.4 Å². The molecule has 1 saturated heterocycles. The Morgan fingerprint density at radius 2 is 0.971 bits per heavy atom. The number of fused-ring (bicyclic) bond motifs is 4. The van der Waals surface area contributed by atoms with Gasteiger partial charge in [-0.25, -0.2) is 48.0 Å². The lowest BCUT2D eigenvalue weighted by molar-refractivity contribution is -0.139. The van der Waals surface area contributed by atoms with Crippen molar-refractivity contribution in [3.8, 4) is 22.8 Å². The molecule has 532 valence electrons. The Morgan fingerprint density at radius 3 is 1.44 bits per heavy atom. The summed E-state index contributed by atoms with van der Waals surface area (Å²) in [6, 6.07) is 29.0. The Kier molecular flexibility index (Phi) is 20.6. The molecule has 0 spiro atoms. The minimum atomic E-state index is -4.65. The van der Waals surface area contributed by atoms with Crippen LogP contribution in [-0.2, 0) is 48.0 Å². The summed E-state index contributed by atoms with van der Waals surface area (Å²) in [5, 5.41) is 10.5. The highest BCUT2D eigenvalue weighted by atomic mass is 127. The Labute approximate surface area is 607 Å². The number of hydrogen-bond donors (Lipinski definition) is 2. The van der Waals surface area contributed by atoms with Gasteiger partial charge in [0.25, 0.3) is 11.1 Å². The molecular formula is C71H65Br2F8IN14O6. The van der Waals surface area contributed by atoms with Crippen LogP contribution < -0.4 is 32.1 Å². The molecule has 0 amide bonds. The fraction of sp³-hybridized carbons (Fsp3) is 0.296. The van der Waals surface area contributed by atoms with Crippen molar-refractivity contribution < 1.29 is 54.1 Å². The molecule has 102 heavy (non-hydrogen) atoms. The van der Waals surface area contributed by atoms with E-state index >= 15 is 0 Å². The van der Waals surface area contributed by atoms with Crippen LogP contribution in [0.5, 0.6) is 11.5 Å². The number of ether oxygens (including phenoxy) is 4. The predicted molar refractivity (Wildman–Crippen MR) is 385 cm³/mol. The first-order chi connectivity index (χ1) is 47.7. The third-order valence-corrected chi connectivity index (χ3v) is 18.5. The Morgan fingerprint density at radius 1 is 0.539 bits per heavy atom. The number of anilines is 2. The minimum Gasteiger partial charge on any atom is -0.488 e. The van der Waals surface area contributed by atoms with E-state index in [0.29, 0.717) is 57.0 Å². The second kappa shape index (κ2) is 28.3. The van der Waals surface area contributed by atoms with Crippen molar-refractivity contribution in [2.24, 2.45) is 0 Å². The molecule has 0 bridgehead atoms. The van der Waals surface area contributed by atoms with Crippen LogP contribution >= 0.6 is 54.5 Å². The number of nitrogens with zero attached hydrogens (tertiary/aromatic N) is 12. The number of halogens is 11. The highest BCUT2D eigenvalue weighted by Gasteiger charge is 2.50. The molecule has 7 heterocycles. The summed E-state index contributed by atoms with van der Waals surface area (Å²) in [5.41, 5.74) is 10.1. The molecule has 12 aromatic rings. The van der Waals surface area contributed by atoms with Crippen molar-refractivity contribution in [2.45, 2.75) is 136 Å². The highest BCUT2D eigenvalue weighted by molar-refractivity contribution is 14.1. The van der Waals surface area contributed by atoms with E-state index in [0.717, 1.165) is 12.1 Å². The average Bonchev–Trinajstić information content (AvgIpc) is 1.19. The molecule has 1 aliphatic heterocycles. The summed E-state index contributed by atoms with van der Waals surface area (Å²) in [6.07, 6.45) is -7.28. The van der Waals surface area contributed by atoms with Crippen molar-refractivity contribution in [3.05, 3.63) is 218 Å². The van der Waals surface area contributed by atoms with Crippen LogP contribution in [0.25, 0.3) is 55.1 Å². The van der Waals surface area contributed by atoms with Crippen molar-refractivity contribution in [3.63, 3.8) is 0 Å². The van der Waals surface area contributed by atoms with Gasteiger partial charge in [0.1, 0.15) is 92.8 Å². The lowest BCUT2D eigenvalue weighted by atomic mass is 9.90. The lowest BCUT2D eigenvalue weighted by Crippen LogP contribution is -2.41. The number of benzene rings is 6. The van der Waals surface area contributed by atoms with Crippen molar-refractivity contribution >= 4 is 110 Å². The van der Waals surface area contributed by atoms with Gasteiger partial charge in [0, 0.05) is 32.2 Å². The van der Waals surface area contributed by atoms with E-state index in [9.17, 15) is 44.7 Å². The van der Waals surface area contributed by atoms with Gasteiger partial charge in [-0.05, 0) is 195 Å². The fourth-order valence-electron chi connectivity index (χ4n) is 11.2. The van der Waals surface area contributed by atoms with E-state index in [1.807, 2.05) is 91.8 Å². The van der Waals surface area contributed by atoms with Gasteiger partial charge in [-0.2, -0.15) is 36.5 Å². The molecule has 31 heteroatoms. The first-order valence-corrected chi connectivity index (χ1v) is 34.0. The Balaban J connectivity index is 0.000000165. The maximum Gasteiger partial charge on any atom is 0.416 e. The topological polar surface area (TPSA) is 246 Å². The summed E-state index contributed by atoms with van der Waals surface area (Å²) >= 11 is 8.75. The summed E-state index contributed by atoms with van der Waals surface area (Å²) in [7, 11) is 0. The summed E-state index contributed by atoms with van der Waals surface area (Å²) in [4.78, 5) is 53.5. The first-order valence-electron chi connectivity index (χ1n) is 31.3. The van der Waals surface area contributed by atoms with E-state index < -0.39 is 70.1 Å². The maximum absolute atomic E-state index is 14.8. The molecule has 13 rings (SSSR count). The van der Waals surface area contributed by atoms with Gasteiger partial charge in [0.2, 0.25) is 0 Å². The monoisotopic (exact) mass is 1650 g/mol. The van der Waals surface area contributed by atoms with Crippen LogP contribution in [0, 0.1) is 15.3 Å². The maximum atomic E-state index is 14.8. The Hall–Kier alpha value is -9.05. The third kappa shape index (κ3) is 16.1. The molecule has 1 fully saturated rings. The smallest absolute Gasteiger partial charge is 0.416 e. The van der Waals surface area contributed by atoms with Crippen LogP contribution in [-0.4, -0.2) is 81.0 Å². The largest absolute Gasteiger partial charge is 0.488 e. The molecule has 20 nitrogen and oxygen atoms in total. The van der Waals surface area contributed by atoms with Crippen molar-refractivity contribution in [1.82, 2.24) is 58.6 Å². The molecule has 1 aliphatic rings. The predicted octanol–water partition coefficient (Wildman–Crippen LogP) is 16.2. The number of aromatic nitrogens is 12. The molecule has 0 atom stereocenters. The number of alkyl halides is 6. The van der Waals surface area contributed by atoms with Gasteiger partial charge >= 0.3 is 12.4 Å². The SMILES string of the molecule is CC(C)(C)Oc1cc(F)cc(-c2nn(Cc3nc4cccc(Br)c4c(=O)n3Cc3ccccc3C(F)(F)F)c3ncnc(N)c23)c1.CC(C)(C)Oc1cc(F)cc(C2OC(C)(C)C(C)(C)O2)c1.Nc1ncnc2c1c(I)nn2Cc1nc2cccc(Br)c2c(=O)n1Cc1ccccc1C(F)(F)F. The minimum absolute atomic E-state index is 0.0260. The molecule has 6 aromatic carbocycles. The normalized spacial score (nSPS) is 14.1. The van der Waals surface area contributed by atoms with Crippen molar-refractivity contribution in [2.75, 3.05) is 11.5 Å². The third-order valence-electron chi connectivity index (χ3n) is 16.4. The molecule has 0 aliphatic carbocycles. The highest BCUT2D eigenvalue weighted by Crippen LogP contribution is 2.46. The van der Waals surface area contributed by atoms with Gasteiger partial charge in [-0.15, -0.1) is 0 Å². The zero-order valence-corrected chi connectivity index (χ0v) is 61.6. The van der Waals surface area contributed by atoms with Crippen LogP contribution in [0.3, 0.4) is 0 Å². The molecule has 4 N–H and O–H groups in total. The fourth-order valence-corrected chi connectivity index (χ4v) is 13.1. The molecule has 0 unspecified atom stereocenters. The van der Waals surface area contributed by atoms with Crippen molar-refractivity contribution in [1.29, 1.82) is 0 Å². The van der Waals surface area contributed by atoms with E-state index in [-0.39, 0.29) is 93.3 Å². The number of hydrogen-bond acceptors (Lipinski definition) is 16. The van der Waals surface area contributed by atoms with Crippen LogP contribution in [0.4, 0.5) is 46.8 Å². The second-order valence-electron chi connectivity index (χ2n) is 26.7.